The number of hydrogen-bond donors (Lipinski definition) is 2. The molecule has 4 nitrogen and oxygen atoms in total. The molecule has 1 aromatic heterocycles. The number of rotatable bonds is 5. The van der Waals surface area contributed by atoms with Crippen LogP contribution in [0, 0.1) is 6.92 Å². The van der Waals surface area contributed by atoms with Gasteiger partial charge in [-0.15, -0.1) is 0 Å². The van der Waals surface area contributed by atoms with Gasteiger partial charge in [-0.1, -0.05) is 12.2 Å². The molecular formula is C14H18N4S. The average Bonchev–Trinajstić information content (AvgIpc) is 2.81. The second-order valence-corrected chi connectivity index (χ2v) is 5.11. The Morgan fingerprint density at radius 1 is 1.53 bits per heavy atom. The molecule has 2 rings (SSSR count). The molecule has 1 aromatic carbocycles. The van der Waals surface area contributed by atoms with E-state index in [0.717, 1.165) is 23.4 Å². The third-order valence-corrected chi connectivity index (χ3v) is 3.14. The van der Waals surface area contributed by atoms with Gasteiger partial charge in [0, 0.05) is 29.7 Å². The molecule has 0 saturated heterocycles. The Hall–Kier alpha value is -1.88. The quantitative estimate of drug-likeness (QED) is 0.822. The van der Waals surface area contributed by atoms with Crippen molar-refractivity contribution in [3.63, 3.8) is 0 Å². The molecule has 0 bridgehead atoms. The zero-order valence-corrected chi connectivity index (χ0v) is 11.9. The summed E-state index contributed by atoms with van der Waals surface area (Å²) in [5.74, 6) is 0. The minimum atomic E-state index is 0.287. The van der Waals surface area contributed by atoms with Crippen LogP contribution in [0.25, 0.3) is 0 Å². The van der Waals surface area contributed by atoms with E-state index < -0.39 is 0 Å². The lowest BCUT2D eigenvalue weighted by atomic mass is 10.1. The summed E-state index contributed by atoms with van der Waals surface area (Å²) in [6, 6.07) is 8.24. The molecule has 1 unspecified atom stereocenters. The first-order valence-electron chi connectivity index (χ1n) is 6.20. The maximum atomic E-state index is 5.66. The van der Waals surface area contributed by atoms with Crippen molar-refractivity contribution < 1.29 is 0 Å². The van der Waals surface area contributed by atoms with Crippen molar-refractivity contribution in [3.05, 3.63) is 47.8 Å². The number of thiocarbonyl (C=S) groups is 1. The monoisotopic (exact) mass is 274 g/mol. The molecule has 0 amide bonds. The number of aromatic nitrogens is 2. The highest BCUT2D eigenvalue weighted by Crippen LogP contribution is 2.16. The van der Waals surface area contributed by atoms with E-state index in [4.69, 9.17) is 18.0 Å². The second kappa shape index (κ2) is 5.84. The highest BCUT2D eigenvalue weighted by atomic mass is 32.1. The molecule has 2 aromatic rings. The second-order valence-electron chi connectivity index (χ2n) is 4.67. The Bertz CT molecular complexity index is 563. The van der Waals surface area contributed by atoms with E-state index >= 15 is 0 Å². The summed E-state index contributed by atoms with van der Waals surface area (Å²) in [5.41, 5.74) is 8.74. The SMILES string of the molecule is Cc1cc(NC(C)Cn2cccn2)ccc1C(N)=S. The molecule has 19 heavy (non-hydrogen) atoms. The maximum Gasteiger partial charge on any atom is 0.104 e. The van der Waals surface area contributed by atoms with Gasteiger partial charge in [0.15, 0.2) is 0 Å². The zero-order chi connectivity index (χ0) is 13.8. The number of anilines is 1. The number of nitrogens with one attached hydrogen (secondary N) is 1. The first-order valence-corrected chi connectivity index (χ1v) is 6.61. The molecule has 0 saturated carbocycles. The molecule has 5 heteroatoms. The van der Waals surface area contributed by atoms with Crippen LogP contribution in [-0.4, -0.2) is 20.8 Å². The lowest BCUT2D eigenvalue weighted by Crippen LogP contribution is -2.22. The van der Waals surface area contributed by atoms with Crippen molar-refractivity contribution in [3.8, 4) is 0 Å². The fourth-order valence-electron chi connectivity index (χ4n) is 2.05. The van der Waals surface area contributed by atoms with Gasteiger partial charge < -0.3 is 11.1 Å². The number of benzene rings is 1. The van der Waals surface area contributed by atoms with Crippen LogP contribution in [0.1, 0.15) is 18.1 Å². The van der Waals surface area contributed by atoms with Crippen molar-refractivity contribution in [2.24, 2.45) is 5.73 Å². The molecule has 0 radical (unpaired) electrons. The van der Waals surface area contributed by atoms with Gasteiger partial charge in [0.1, 0.15) is 4.99 Å². The lowest BCUT2D eigenvalue weighted by molar-refractivity contribution is 0.561. The van der Waals surface area contributed by atoms with Crippen molar-refractivity contribution in [1.29, 1.82) is 0 Å². The standard InChI is InChI=1S/C14H18N4S/c1-10-8-12(4-5-13(10)14(15)19)17-11(2)9-18-7-3-6-16-18/h3-8,11,17H,9H2,1-2H3,(H2,15,19). The molecule has 3 N–H and O–H groups in total. The highest BCUT2D eigenvalue weighted by Gasteiger charge is 2.06. The predicted molar refractivity (Wildman–Crippen MR) is 82.4 cm³/mol. The van der Waals surface area contributed by atoms with Gasteiger partial charge in [-0.2, -0.15) is 5.10 Å². The van der Waals surface area contributed by atoms with Crippen LogP contribution in [0.2, 0.25) is 0 Å². The molecule has 0 aliphatic carbocycles. The van der Waals surface area contributed by atoms with Crippen molar-refractivity contribution in [1.82, 2.24) is 9.78 Å². The Kier molecular flexibility index (Phi) is 4.16. The number of nitrogens with two attached hydrogens (primary N) is 1. The Morgan fingerprint density at radius 3 is 2.89 bits per heavy atom. The molecular weight excluding hydrogens is 256 g/mol. The molecule has 0 spiro atoms. The van der Waals surface area contributed by atoms with Crippen molar-refractivity contribution in [2.75, 3.05) is 5.32 Å². The summed E-state index contributed by atoms with van der Waals surface area (Å²) < 4.78 is 1.91. The molecule has 100 valence electrons. The summed E-state index contributed by atoms with van der Waals surface area (Å²) in [6.07, 6.45) is 3.74. The van der Waals surface area contributed by atoms with Crippen molar-refractivity contribution in [2.45, 2.75) is 26.4 Å². The van der Waals surface area contributed by atoms with Gasteiger partial charge in [0.2, 0.25) is 0 Å². The van der Waals surface area contributed by atoms with E-state index in [1.807, 2.05) is 36.0 Å². The van der Waals surface area contributed by atoms with E-state index in [0.29, 0.717) is 4.99 Å². The van der Waals surface area contributed by atoms with E-state index in [9.17, 15) is 0 Å². The van der Waals surface area contributed by atoms with Crippen LogP contribution in [-0.2, 0) is 6.54 Å². The van der Waals surface area contributed by atoms with Gasteiger partial charge >= 0.3 is 0 Å². The topological polar surface area (TPSA) is 55.9 Å². The van der Waals surface area contributed by atoms with E-state index in [2.05, 4.69) is 23.4 Å². The van der Waals surface area contributed by atoms with E-state index in [-0.39, 0.29) is 6.04 Å². The predicted octanol–water partition coefficient (Wildman–Crippen LogP) is 2.33. The van der Waals surface area contributed by atoms with Gasteiger partial charge in [-0.05, 0) is 43.7 Å². The largest absolute Gasteiger partial charge is 0.389 e. The third kappa shape index (κ3) is 3.54. The van der Waals surface area contributed by atoms with Gasteiger partial charge in [-0.25, -0.2) is 0 Å². The third-order valence-electron chi connectivity index (χ3n) is 2.93. The average molecular weight is 274 g/mol. The van der Waals surface area contributed by atoms with Gasteiger partial charge in [0.05, 0.1) is 6.54 Å². The Balaban J connectivity index is 2.03. The Morgan fingerprint density at radius 2 is 2.32 bits per heavy atom. The molecule has 1 atom stereocenters. The Labute approximate surface area is 118 Å². The summed E-state index contributed by atoms with van der Waals surface area (Å²) in [5, 5.41) is 7.64. The van der Waals surface area contributed by atoms with Gasteiger partial charge in [-0.3, -0.25) is 4.68 Å². The van der Waals surface area contributed by atoms with Crippen LogP contribution in [0.5, 0.6) is 0 Å². The van der Waals surface area contributed by atoms with Crippen LogP contribution >= 0.6 is 12.2 Å². The molecule has 0 aliphatic heterocycles. The summed E-state index contributed by atoms with van der Waals surface area (Å²) in [7, 11) is 0. The van der Waals surface area contributed by atoms with Crippen LogP contribution in [0.15, 0.2) is 36.7 Å². The molecule has 0 aliphatic rings. The minimum Gasteiger partial charge on any atom is -0.389 e. The van der Waals surface area contributed by atoms with Gasteiger partial charge in [0.25, 0.3) is 0 Å². The number of aryl methyl sites for hydroxylation is 1. The van der Waals surface area contributed by atoms with Crippen LogP contribution in [0.3, 0.4) is 0 Å². The van der Waals surface area contributed by atoms with Crippen LogP contribution in [0.4, 0.5) is 5.69 Å². The first-order chi connectivity index (χ1) is 9.06. The molecule has 1 heterocycles. The summed E-state index contributed by atoms with van der Waals surface area (Å²) in [4.78, 5) is 0.439. The zero-order valence-electron chi connectivity index (χ0n) is 11.1. The first kappa shape index (κ1) is 13.5. The number of nitrogens with zero attached hydrogens (tertiary/aromatic N) is 2. The van der Waals surface area contributed by atoms with Crippen LogP contribution < -0.4 is 11.1 Å². The summed E-state index contributed by atoms with van der Waals surface area (Å²) in [6.45, 7) is 4.96. The fraction of sp³-hybridized carbons (Fsp3) is 0.286. The molecule has 0 fully saturated rings. The smallest absolute Gasteiger partial charge is 0.104 e. The lowest BCUT2D eigenvalue weighted by Gasteiger charge is -2.16. The van der Waals surface area contributed by atoms with E-state index in [1.165, 1.54) is 0 Å². The maximum absolute atomic E-state index is 5.66. The minimum absolute atomic E-state index is 0.287. The summed E-state index contributed by atoms with van der Waals surface area (Å²) >= 11 is 5.00. The number of hydrogen-bond acceptors (Lipinski definition) is 3. The van der Waals surface area contributed by atoms with Crippen molar-refractivity contribution >= 4 is 22.9 Å². The fourth-order valence-corrected chi connectivity index (χ4v) is 2.28. The van der Waals surface area contributed by atoms with E-state index in [1.54, 1.807) is 6.20 Å². The normalized spacial score (nSPS) is 12.1. The highest BCUT2D eigenvalue weighted by molar-refractivity contribution is 7.80.